The number of aromatic nitrogens is 2. The minimum absolute atomic E-state index is 0.392. The topological polar surface area (TPSA) is 67.5 Å². The van der Waals surface area contributed by atoms with Crippen LogP contribution in [0.25, 0.3) is 0 Å². The van der Waals surface area contributed by atoms with E-state index in [4.69, 9.17) is 14.8 Å². The monoisotopic (exact) mass is 246 g/mol. The summed E-state index contributed by atoms with van der Waals surface area (Å²) in [6.45, 7) is 2.25. The third-order valence-electron chi connectivity index (χ3n) is 2.64. The molecule has 0 fully saturated rings. The lowest BCUT2D eigenvalue weighted by Crippen LogP contribution is -2.29. The Morgan fingerprint density at radius 1 is 1.33 bits per heavy atom. The molecule has 0 bridgehead atoms. The van der Waals surface area contributed by atoms with Crippen LogP contribution in [0, 0.1) is 6.92 Å². The van der Waals surface area contributed by atoms with Gasteiger partial charge in [-0.15, -0.1) is 0 Å². The van der Waals surface area contributed by atoms with Gasteiger partial charge in [0.2, 0.25) is 0 Å². The number of hydrogen-bond donors (Lipinski definition) is 2. The fraction of sp³-hybridized carbons (Fsp3) is 0.250. The summed E-state index contributed by atoms with van der Waals surface area (Å²) in [4.78, 5) is 0. The first-order valence-corrected chi connectivity index (χ1v) is 5.64. The summed E-state index contributed by atoms with van der Waals surface area (Å²) in [5.41, 5.74) is 2.16. The average molecular weight is 246 g/mol. The second kappa shape index (κ2) is 5.24. The molecule has 1 aromatic heterocycles. The lowest BCUT2D eigenvalue weighted by atomic mass is 9.79. The smallest absolute Gasteiger partial charge is 0.487 e. The molecule has 1 heterocycles. The van der Waals surface area contributed by atoms with Crippen LogP contribution < -0.4 is 10.2 Å². The first-order chi connectivity index (χ1) is 8.56. The summed E-state index contributed by atoms with van der Waals surface area (Å²) in [5, 5.41) is 22.3. The molecule has 5 nitrogen and oxygen atoms in total. The van der Waals surface area contributed by atoms with Crippen molar-refractivity contribution in [3.8, 4) is 5.75 Å². The van der Waals surface area contributed by atoms with Crippen molar-refractivity contribution in [1.82, 2.24) is 9.78 Å². The van der Waals surface area contributed by atoms with E-state index >= 15 is 0 Å². The molecular formula is C12H15BN2O3. The van der Waals surface area contributed by atoms with E-state index in [1.165, 1.54) is 0 Å². The predicted octanol–water partition coefficient (Wildman–Crippen LogP) is -0.0127. The van der Waals surface area contributed by atoms with Gasteiger partial charge in [-0.1, -0.05) is 12.1 Å². The Labute approximate surface area is 106 Å². The molecule has 2 rings (SSSR count). The van der Waals surface area contributed by atoms with Crippen molar-refractivity contribution in [2.45, 2.75) is 13.5 Å². The van der Waals surface area contributed by atoms with Crippen molar-refractivity contribution in [1.29, 1.82) is 0 Å². The van der Waals surface area contributed by atoms with E-state index in [1.807, 2.05) is 26.2 Å². The number of benzene rings is 1. The van der Waals surface area contributed by atoms with Gasteiger partial charge in [-0.25, -0.2) is 0 Å². The van der Waals surface area contributed by atoms with Crippen LogP contribution >= 0.6 is 0 Å². The van der Waals surface area contributed by atoms with E-state index < -0.39 is 7.12 Å². The van der Waals surface area contributed by atoms with Crippen molar-refractivity contribution < 1.29 is 14.8 Å². The van der Waals surface area contributed by atoms with E-state index in [9.17, 15) is 0 Å². The van der Waals surface area contributed by atoms with Gasteiger partial charge in [0.05, 0.1) is 5.69 Å². The fourth-order valence-corrected chi connectivity index (χ4v) is 1.69. The Morgan fingerprint density at radius 2 is 2.11 bits per heavy atom. The summed E-state index contributed by atoms with van der Waals surface area (Å²) < 4.78 is 7.35. The van der Waals surface area contributed by atoms with Gasteiger partial charge in [-0.05, 0) is 30.1 Å². The zero-order chi connectivity index (χ0) is 13.1. The van der Waals surface area contributed by atoms with Crippen LogP contribution in [0.5, 0.6) is 5.75 Å². The Balaban J connectivity index is 2.05. The quantitative estimate of drug-likeness (QED) is 0.744. The maximum atomic E-state index is 9.05. The molecule has 6 heteroatoms. The van der Waals surface area contributed by atoms with Gasteiger partial charge in [0.25, 0.3) is 0 Å². The highest BCUT2D eigenvalue weighted by Crippen LogP contribution is 2.16. The molecule has 2 N–H and O–H groups in total. The van der Waals surface area contributed by atoms with Crippen LogP contribution in [-0.2, 0) is 13.7 Å². The summed E-state index contributed by atoms with van der Waals surface area (Å²) in [6, 6.07) is 6.94. The molecule has 0 aliphatic heterocycles. The molecule has 0 amide bonds. The van der Waals surface area contributed by atoms with Crippen molar-refractivity contribution in [3.05, 3.63) is 41.7 Å². The van der Waals surface area contributed by atoms with Crippen LogP contribution in [0.15, 0.2) is 30.5 Å². The normalized spacial score (nSPS) is 10.4. The Hall–Kier alpha value is -1.79. The van der Waals surface area contributed by atoms with Crippen molar-refractivity contribution in [2.75, 3.05) is 0 Å². The molecule has 0 unspecified atom stereocenters. The van der Waals surface area contributed by atoms with Crippen LogP contribution in [0.1, 0.15) is 11.3 Å². The lowest BCUT2D eigenvalue weighted by Gasteiger charge is -2.09. The van der Waals surface area contributed by atoms with Crippen LogP contribution in [0.4, 0.5) is 0 Å². The lowest BCUT2D eigenvalue weighted by molar-refractivity contribution is 0.298. The van der Waals surface area contributed by atoms with Gasteiger partial charge in [-0.2, -0.15) is 5.10 Å². The zero-order valence-electron chi connectivity index (χ0n) is 10.4. The van der Waals surface area contributed by atoms with Crippen LogP contribution in [0.3, 0.4) is 0 Å². The third-order valence-corrected chi connectivity index (χ3v) is 2.64. The minimum Gasteiger partial charge on any atom is -0.487 e. The molecule has 2 aromatic rings. The highest BCUT2D eigenvalue weighted by atomic mass is 16.5. The molecule has 94 valence electrons. The maximum absolute atomic E-state index is 9.05. The highest BCUT2D eigenvalue weighted by Gasteiger charge is 2.12. The van der Waals surface area contributed by atoms with Crippen LogP contribution in [0.2, 0.25) is 0 Å². The van der Waals surface area contributed by atoms with Gasteiger partial charge in [0.1, 0.15) is 12.4 Å². The number of ether oxygens (including phenoxy) is 1. The predicted molar refractivity (Wildman–Crippen MR) is 68.5 cm³/mol. The van der Waals surface area contributed by atoms with Gasteiger partial charge < -0.3 is 14.8 Å². The molecular weight excluding hydrogens is 231 g/mol. The summed E-state index contributed by atoms with van der Waals surface area (Å²) >= 11 is 0. The van der Waals surface area contributed by atoms with Gasteiger partial charge in [0.15, 0.2) is 0 Å². The summed E-state index contributed by atoms with van der Waals surface area (Å²) in [7, 11) is 0.403. The first kappa shape index (κ1) is 12.7. The molecule has 0 spiro atoms. The largest absolute Gasteiger partial charge is 0.488 e. The van der Waals surface area contributed by atoms with Crippen LogP contribution in [-0.4, -0.2) is 26.9 Å². The van der Waals surface area contributed by atoms with E-state index in [0.717, 1.165) is 11.3 Å². The van der Waals surface area contributed by atoms with Gasteiger partial charge in [-0.3, -0.25) is 4.68 Å². The zero-order valence-corrected chi connectivity index (χ0v) is 10.4. The molecule has 0 aliphatic rings. The molecule has 0 aliphatic carbocycles. The molecule has 0 atom stereocenters. The first-order valence-electron chi connectivity index (χ1n) is 5.64. The minimum atomic E-state index is -1.45. The Morgan fingerprint density at radius 3 is 2.67 bits per heavy atom. The fourth-order valence-electron chi connectivity index (χ4n) is 1.69. The summed E-state index contributed by atoms with van der Waals surface area (Å²) in [5.74, 6) is 0.713. The second-order valence-corrected chi connectivity index (χ2v) is 4.17. The van der Waals surface area contributed by atoms with E-state index in [-0.39, 0.29) is 0 Å². The molecule has 18 heavy (non-hydrogen) atoms. The average Bonchev–Trinajstić information content (AvgIpc) is 2.73. The maximum Gasteiger partial charge on any atom is 0.488 e. The van der Waals surface area contributed by atoms with E-state index in [2.05, 4.69) is 5.10 Å². The number of aryl methyl sites for hydroxylation is 2. The molecule has 0 radical (unpaired) electrons. The standard InChI is InChI=1S/C12H15BN2O3/c1-9-7-10(13(16)17)3-4-12(9)18-8-11-5-6-15(2)14-11/h3-7,16-17H,8H2,1-2H3. The number of nitrogens with zero attached hydrogens (tertiary/aromatic N) is 2. The van der Waals surface area contributed by atoms with Gasteiger partial charge in [0, 0.05) is 13.2 Å². The number of hydrogen-bond acceptors (Lipinski definition) is 4. The Kier molecular flexibility index (Phi) is 3.69. The molecule has 1 aromatic carbocycles. The van der Waals surface area contributed by atoms with E-state index in [1.54, 1.807) is 22.9 Å². The second-order valence-electron chi connectivity index (χ2n) is 4.17. The number of rotatable bonds is 4. The van der Waals surface area contributed by atoms with Crippen molar-refractivity contribution in [2.24, 2.45) is 7.05 Å². The third kappa shape index (κ3) is 2.91. The van der Waals surface area contributed by atoms with Crippen molar-refractivity contribution in [3.63, 3.8) is 0 Å². The van der Waals surface area contributed by atoms with E-state index in [0.29, 0.717) is 17.8 Å². The highest BCUT2D eigenvalue weighted by molar-refractivity contribution is 6.58. The summed E-state index contributed by atoms with van der Waals surface area (Å²) in [6.07, 6.45) is 1.86. The Bertz CT molecular complexity index is 540. The SMILES string of the molecule is Cc1cc(B(O)O)ccc1OCc1ccn(C)n1. The van der Waals surface area contributed by atoms with Gasteiger partial charge >= 0.3 is 7.12 Å². The van der Waals surface area contributed by atoms with Crippen molar-refractivity contribution >= 4 is 12.6 Å². The molecule has 0 saturated heterocycles. The molecule has 0 saturated carbocycles.